The molecule has 0 unspecified atom stereocenters. The first-order chi connectivity index (χ1) is 16.0. The van der Waals surface area contributed by atoms with Gasteiger partial charge in [0.05, 0.1) is 0 Å². The summed E-state index contributed by atoms with van der Waals surface area (Å²) in [5.41, 5.74) is 11.6. The minimum Gasteiger partial charge on any atom is -0.355 e. The molecule has 0 atom stereocenters. The molecule has 0 heterocycles. The van der Waals surface area contributed by atoms with Gasteiger partial charge in [-0.1, -0.05) is 98.8 Å². The maximum absolute atomic E-state index is 3.77. The maximum Gasteiger partial charge on any atom is 0.0470 e. The van der Waals surface area contributed by atoms with Crippen molar-refractivity contribution in [1.29, 1.82) is 0 Å². The summed E-state index contributed by atoms with van der Waals surface area (Å²) in [6, 6.07) is 37.3. The van der Waals surface area contributed by atoms with Crippen LogP contribution in [0.15, 0.2) is 103 Å². The Labute approximate surface area is 195 Å². The molecule has 1 heteroatoms. The molecule has 0 fully saturated rings. The zero-order chi connectivity index (χ0) is 22.6. The number of hydrogen-bond donors (Lipinski definition) is 1. The quantitative estimate of drug-likeness (QED) is 0.304. The second-order valence-electron chi connectivity index (χ2n) is 9.58. The Morgan fingerprint density at radius 1 is 0.636 bits per heavy atom. The standard InChI is InChI=1S/C32H27N/c1-21-10-9-15-27-30(21)26-18-17-24(20-28(26)32(27,2)3)33-29-19-16-22-11-7-8-14-25(22)31(29)23-12-5-4-6-13-23/h4-20,33H,1-3H3. The van der Waals surface area contributed by atoms with Gasteiger partial charge in [-0.25, -0.2) is 0 Å². The van der Waals surface area contributed by atoms with Crippen LogP contribution in [-0.2, 0) is 5.41 Å². The lowest BCUT2D eigenvalue weighted by molar-refractivity contribution is 0.660. The predicted molar refractivity (Wildman–Crippen MR) is 141 cm³/mol. The highest BCUT2D eigenvalue weighted by Gasteiger charge is 2.36. The average molecular weight is 426 g/mol. The van der Waals surface area contributed by atoms with E-state index in [1.54, 1.807) is 0 Å². The Morgan fingerprint density at radius 2 is 1.42 bits per heavy atom. The van der Waals surface area contributed by atoms with Gasteiger partial charge in [0.15, 0.2) is 0 Å². The third-order valence-corrected chi connectivity index (χ3v) is 7.18. The molecule has 0 aliphatic heterocycles. The molecule has 0 saturated heterocycles. The molecule has 1 aliphatic carbocycles. The van der Waals surface area contributed by atoms with Crippen LogP contribution < -0.4 is 5.32 Å². The van der Waals surface area contributed by atoms with E-state index in [2.05, 4.69) is 129 Å². The van der Waals surface area contributed by atoms with Crippen molar-refractivity contribution < 1.29 is 0 Å². The number of hydrogen-bond acceptors (Lipinski definition) is 1. The zero-order valence-corrected chi connectivity index (χ0v) is 19.3. The number of benzene rings is 5. The minimum atomic E-state index is -0.0139. The molecule has 0 saturated carbocycles. The molecule has 6 rings (SSSR count). The van der Waals surface area contributed by atoms with Crippen molar-refractivity contribution in [2.75, 3.05) is 5.32 Å². The summed E-state index contributed by atoms with van der Waals surface area (Å²) in [7, 11) is 0. The minimum absolute atomic E-state index is 0.0139. The van der Waals surface area contributed by atoms with E-state index in [0.29, 0.717) is 0 Å². The van der Waals surface area contributed by atoms with Gasteiger partial charge in [-0.3, -0.25) is 0 Å². The summed E-state index contributed by atoms with van der Waals surface area (Å²) in [4.78, 5) is 0. The first kappa shape index (κ1) is 19.8. The van der Waals surface area contributed by atoms with Gasteiger partial charge in [-0.15, -0.1) is 0 Å². The zero-order valence-electron chi connectivity index (χ0n) is 19.3. The topological polar surface area (TPSA) is 12.0 Å². The Hall–Kier alpha value is -3.84. The van der Waals surface area contributed by atoms with Crippen LogP contribution in [0.3, 0.4) is 0 Å². The van der Waals surface area contributed by atoms with Gasteiger partial charge >= 0.3 is 0 Å². The molecular formula is C32H27N. The van der Waals surface area contributed by atoms with Crippen LogP contribution in [0.4, 0.5) is 11.4 Å². The van der Waals surface area contributed by atoms with Crippen LogP contribution >= 0.6 is 0 Å². The van der Waals surface area contributed by atoms with Crippen molar-refractivity contribution in [1.82, 2.24) is 0 Å². The van der Waals surface area contributed by atoms with E-state index in [4.69, 9.17) is 0 Å². The SMILES string of the molecule is Cc1cccc2c1-c1ccc(Nc3ccc4ccccc4c3-c3ccccc3)cc1C2(C)C. The molecule has 1 nitrogen and oxygen atoms in total. The first-order valence-corrected chi connectivity index (χ1v) is 11.6. The smallest absolute Gasteiger partial charge is 0.0470 e. The van der Waals surface area contributed by atoms with Crippen molar-refractivity contribution in [2.45, 2.75) is 26.2 Å². The third-order valence-electron chi connectivity index (χ3n) is 7.18. The van der Waals surface area contributed by atoms with Crippen LogP contribution in [0.5, 0.6) is 0 Å². The molecule has 0 spiro atoms. The van der Waals surface area contributed by atoms with Gasteiger partial charge in [-0.05, 0) is 69.3 Å². The van der Waals surface area contributed by atoms with Crippen LogP contribution in [0.2, 0.25) is 0 Å². The predicted octanol–water partition coefficient (Wildman–Crippen LogP) is 8.87. The molecule has 5 aromatic rings. The Kier molecular flexibility index (Phi) is 4.41. The molecule has 33 heavy (non-hydrogen) atoms. The van der Waals surface area contributed by atoms with Gasteiger partial charge in [0.25, 0.3) is 0 Å². The van der Waals surface area contributed by atoms with Crippen molar-refractivity contribution in [3.8, 4) is 22.3 Å². The normalized spacial score (nSPS) is 13.5. The molecule has 0 radical (unpaired) electrons. The van der Waals surface area contributed by atoms with Crippen molar-refractivity contribution in [3.63, 3.8) is 0 Å². The van der Waals surface area contributed by atoms with E-state index in [1.807, 2.05) is 0 Å². The summed E-state index contributed by atoms with van der Waals surface area (Å²) in [5, 5.41) is 6.29. The maximum atomic E-state index is 3.77. The Balaban J connectivity index is 1.49. The summed E-state index contributed by atoms with van der Waals surface area (Å²) in [6.45, 7) is 6.90. The summed E-state index contributed by atoms with van der Waals surface area (Å²) in [5.74, 6) is 0. The highest BCUT2D eigenvalue weighted by atomic mass is 14.9. The molecule has 5 aromatic carbocycles. The lowest BCUT2D eigenvalue weighted by atomic mass is 9.82. The van der Waals surface area contributed by atoms with E-state index >= 15 is 0 Å². The average Bonchev–Trinajstić information content (AvgIpc) is 3.07. The number of aryl methyl sites for hydroxylation is 1. The van der Waals surface area contributed by atoms with Crippen molar-refractivity contribution >= 4 is 22.1 Å². The molecule has 1 N–H and O–H groups in total. The van der Waals surface area contributed by atoms with Gasteiger partial charge in [0.2, 0.25) is 0 Å². The molecule has 1 aliphatic rings. The van der Waals surface area contributed by atoms with E-state index in [-0.39, 0.29) is 5.41 Å². The second kappa shape index (κ2) is 7.35. The van der Waals surface area contributed by atoms with E-state index in [9.17, 15) is 0 Å². The molecule has 0 aromatic heterocycles. The van der Waals surface area contributed by atoms with Crippen LogP contribution in [-0.4, -0.2) is 0 Å². The Bertz CT molecular complexity index is 1510. The summed E-state index contributed by atoms with van der Waals surface area (Å²) in [6.07, 6.45) is 0. The van der Waals surface area contributed by atoms with E-state index in [0.717, 1.165) is 11.4 Å². The lowest BCUT2D eigenvalue weighted by Gasteiger charge is -2.22. The second-order valence-corrected chi connectivity index (χ2v) is 9.58. The number of fused-ring (bicyclic) bond motifs is 4. The van der Waals surface area contributed by atoms with Crippen LogP contribution in [0.25, 0.3) is 33.0 Å². The number of rotatable bonds is 3. The summed E-state index contributed by atoms with van der Waals surface area (Å²) >= 11 is 0. The van der Waals surface area contributed by atoms with E-state index < -0.39 is 0 Å². The molecule has 160 valence electrons. The van der Waals surface area contributed by atoms with Crippen molar-refractivity contribution in [2.24, 2.45) is 0 Å². The molecule has 0 bridgehead atoms. The van der Waals surface area contributed by atoms with Crippen LogP contribution in [0.1, 0.15) is 30.5 Å². The first-order valence-electron chi connectivity index (χ1n) is 11.6. The fourth-order valence-corrected chi connectivity index (χ4v) is 5.50. The number of anilines is 2. The number of nitrogens with one attached hydrogen (secondary N) is 1. The Morgan fingerprint density at radius 3 is 2.27 bits per heavy atom. The third kappa shape index (κ3) is 3.08. The molecular weight excluding hydrogens is 398 g/mol. The largest absolute Gasteiger partial charge is 0.355 e. The highest BCUT2D eigenvalue weighted by Crippen LogP contribution is 2.50. The molecule has 0 amide bonds. The van der Waals surface area contributed by atoms with Crippen molar-refractivity contribution in [3.05, 3.63) is 120 Å². The fraction of sp³-hybridized carbons (Fsp3) is 0.125. The van der Waals surface area contributed by atoms with E-state index in [1.165, 1.54) is 49.7 Å². The highest BCUT2D eigenvalue weighted by molar-refractivity contribution is 6.03. The summed E-state index contributed by atoms with van der Waals surface area (Å²) < 4.78 is 0. The van der Waals surface area contributed by atoms with Gasteiger partial charge < -0.3 is 5.32 Å². The fourth-order valence-electron chi connectivity index (χ4n) is 5.50. The lowest BCUT2D eigenvalue weighted by Crippen LogP contribution is -2.15. The van der Waals surface area contributed by atoms with Gasteiger partial charge in [0.1, 0.15) is 0 Å². The van der Waals surface area contributed by atoms with Gasteiger partial charge in [0, 0.05) is 22.4 Å². The van der Waals surface area contributed by atoms with Crippen LogP contribution in [0, 0.1) is 6.92 Å². The monoisotopic (exact) mass is 425 g/mol. The van der Waals surface area contributed by atoms with Gasteiger partial charge in [-0.2, -0.15) is 0 Å².